The highest BCUT2D eigenvalue weighted by atomic mass is 79.9. The van der Waals surface area contributed by atoms with Gasteiger partial charge in [-0.25, -0.2) is 14.2 Å². The molecule has 6 heterocycles. The van der Waals surface area contributed by atoms with E-state index in [1.54, 1.807) is 20.1 Å². The standard InChI is InChI=1S/C37H35BrN12O2/c1-23-16-24(2)50-35(41-23)30(18-40-50)36(51)42-28-11-9-26(10-12-28)31-21-48(45-43-31)22-32-34(33-8-5-15-49(33)44-32)37(52)47(20-29-13-14-39-46(29)3)19-25-6-4-7-27(38)17-25/h4,6-7,9-14,16-18,21H,5,8,15,19-20,22H2,1-3H3,(H,42,51). The summed E-state index contributed by atoms with van der Waals surface area (Å²) < 4.78 is 8.08. The highest BCUT2D eigenvalue weighted by molar-refractivity contribution is 9.10. The van der Waals surface area contributed by atoms with Crippen molar-refractivity contribution in [3.05, 3.63) is 129 Å². The largest absolute Gasteiger partial charge is 0.328 e. The summed E-state index contributed by atoms with van der Waals surface area (Å²) in [5.41, 5.74) is 8.91. The van der Waals surface area contributed by atoms with Crippen molar-refractivity contribution in [1.29, 1.82) is 0 Å². The molecule has 1 aliphatic rings. The second-order valence-electron chi connectivity index (χ2n) is 13.0. The number of anilines is 1. The van der Waals surface area contributed by atoms with Crippen LogP contribution in [0.5, 0.6) is 0 Å². The van der Waals surface area contributed by atoms with E-state index in [2.05, 4.69) is 46.7 Å². The van der Waals surface area contributed by atoms with Gasteiger partial charge < -0.3 is 10.2 Å². The third kappa shape index (κ3) is 6.50. The van der Waals surface area contributed by atoms with E-state index in [9.17, 15) is 9.59 Å². The van der Waals surface area contributed by atoms with Gasteiger partial charge in [-0.15, -0.1) is 5.10 Å². The summed E-state index contributed by atoms with van der Waals surface area (Å²) in [4.78, 5) is 34.1. The smallest absolute Gasteiger partial charge is 0.261 e. The minimum Gasteiger partial charge on any atom is -0.328 e. The van der Waals surface area contributed by atoms with Gasteiger partial charge in [0.2, 0.25) is 0 Å². The number of hydrogen-bond donors (Lipinski definition) is 1. The average Bonchev–Trinajstić information content (AvgIpc) is 3.96. The summed E-state index contributed by atoms with van der Waals surface area (Å²) in [6.07, 6.45) is 6.84. The maximum atomic E-state index is 14.6. The summed E-state index contributed by atoms with van der Waals surface area (Å²) in [6.45, 7) is 5.68. The Morgan fingerprint density at radius 3 is 2.65 bits per heavy atom. The number of hydrogen-bond acceptors (Lipinski definition) is 8. The molecule has 52 heavy (non-hydrogen) atoms. The maximum absolute atomic E-state index is 14.6. The average molecular weight is 760 g/mol. The molecule has 0 radical (unpaired) electrons. The van der Waals surface area contributed by atoms with Crippen LogP contribution >= 0.6 is 15.9 Å². The Labute approximate surface area is 307 Å². The van der Waals surface area contributed by atoms with Crippen LogP contribution in [0.3, 0.4) is 0 Å². The lowest BCUT2D eigenvalue weighted by Gasteiger charge is -2.24. The molecule has 0 saturated carbocycles. The molecule has 0 aliphatic carbocycles. The molecule has 5 aromatic heterocycles. The Balaban J connectivity index is 1.01. The van der Waals surface area contributed by atoms with Gasteiger partial charge >= 0.3 is 0 Å². The molecule has 7 aromatic rings. The van der Waals surface area contributed by atoms with E-state index in [0.717, 1.165) is 57.8 Å². The molecule has 2 amide bonds. The lowest BCUT2D eigenvalue weighted by atomic mass is 10.1. The van der Waals surface area contributed by atoms with Crippen LogP contribution in [0.4, 0.5) is 5.69 Å². The van der Waals surface area contributed by atoms with Crippen LogP contribution in [0.25, 0.3) is 16.9 Å². The number of halogens is 1. The van der Waals surface area contributed by atoms with Crippen molar-refractivity contribution in [2.45, 2.75) is 52.9 Å². The van der Waals surface area contributed by atoms with Crippen molar-refractivity contribution in [3.8, 4) is 11.3 Å². The quantitative estimate of drug-likeness (QED) is 0.196. The van der Waals surface area contributed by atoms with Gasteiger partial charge in [0.1, 0.15) is 11.3 Å². The van der Waals surface area contributed by atoms with Crippen LogP contribution < -0.4 is 5.32 Å². The van der Waals surface area contributed by atoms with E-state index >= 15 is 0 Å². The number of fused-ring (bicyclic) bond motifs is 2. The van der Waals surface area contributed by atoms with E-state index in [4.69, 9.17) is 5.10 Å². The first-order valence-electron chi connectivity index (χ1n) is 16.9. The van der Waals surface area contributed by atoms with Gasteiger partial charge in [-0.1, -0.05) is 45.4 Å². The van der Waals surface area contributed by atoms with Crippen LogP contribution in [-0.2, 0) is 39.6 Å². The van der Waals surface area contributed by atoms with Crippen molar-refractivity contribution in [3.63, 3.8) is 0 Å². The summed E-state index contributed by atoms with van der Waals surface area (Å²) in [5.74, 6) is -0.374. The summed E-state index contributed by atoms with van der Waals surface area (Å²) in [5, 5.41) is 25.3. The molecular formula is C37H35BrN12O2. The van der Waals surface area contributed by atoms with Crippen LogP contribution in [0.2, 0.25) is 0 Å². The molecule has 0 unspecified atom stereocenters. The zero-order valence-corrected chi connectivity index (χ0v) is 30.4. The molecule has 8 rings (SSSR count). The zero-order valence-electron chi connectivity index (χ0n) is 28.9. The molecule has 1 aliphatic heterocycles. The van der Waals surface area contributed by atoms with Crippen LogP contribution in [0, 0.1) is 13.8 Å². The first kappa shape index (κ1) is 33.2. The zero-order chi connectivity index (χ0) is 35.9. The highest BCUT2D eigenvalue weighted by Gasteiger charge is 2.30. The van der Waals surface area contributed by atoms with Crippen molar-refractivity contribution >= 4 is 39.1 Å². The van der Waals surface area contributed by atoms with Crippen LogP contribution in [0.1, 0.15) is 61.2 Å². The van der Waals surface area contributed by atoms with Crippen molar-refractivity contribution < 1.29 is 9.59 Å². The number of amides is 2. The predicted octanol–water partition coefficient (Wildman–Crippen LogP) is 5.39. The molecule has 0 bridgehead atoms. The Morgan fingerprint density at radius 1 is 1.02 bits per heavy atom. The Kier molecular flexibility index (Phi) is 8.71. The van der Waals surface area contributed by atoms with Gasteiger partial charge in [-0.05, 0) is 68.7 Å². The number of nitrogens with one attached hydrogen (secondary N) is 1. The summed E-state index contributed by atoms with van der Waals surface area (Å²) in [7, 11) is 1.88. The molecular weight excluding hydrogens is 724 g/mol. The number of aryl methyl sites for hydroxylation is 4. The Morgan fingerprint density at radius 2 is 1.87 bits per heavy atom. The summed E-state index contributed by atoms with van der Waals surface area (Å²) in [6, 6.07) is 19.3. The van der Waals surface area contributed by atoms with E-state index in [-0.39, 0.29) is 18.4 Å². The number of aromatic nitrogens is 10. The van der Waals surface area contributed by atoms with Gasteiger partial charge in [0, 0.05) is 53.4 Å². The van der Waals surface area contributed by atoms with Crippen molar-refractivity contribution in [2.24, 2.45) is 7.05 Å². The van der Waals surface area contributed by atoms with Crippen molar-refractivity contribution in [2.75, 3.05) is 5.32 Å². The minimum absolute atomic E-state index is 0.0810. The molecule has 0 saturated heterocycles. The third-order valence-electron chi connectivity index (χ3n) is 9.26. The lowest BCUT2D eigenvalue weighted by Crippen LogP contribution is -2.32. The number of rotatable bonds is 10. The third-order valence-corrected chi connectivity index (χ3v) is 9.76. The van der Waals surface area contributed by atoms with Crippen LogP contribution in [0.15, 0.2) is 83.7 Å². The monoisotopic (exact) mass is 758 g/mol. The fraction of sp³-hybridized carbons (Fsp3) is 0.243. The Bertz CT molecular complexity index is 2460. The lowest BCUT2D eigenvalue weighted by molar-refractivity contribution is 0.0723. The summed E-state index contributed by atoms with van der Waals surface area (Å²) >= 11 is 3.57. The Hall–Kier alpha value is -5.96. The van der Waals surface area contributed by atoms with E-state index in [1.807, 2.05) is 97.3 Å². The molecule has 2 aromatic carbocycles. The fourth-order valence-electron chi connectivity index (χ4n) is 6.72. The van der Waals surface area contributed by atoms with E-state index in [0.29, 0.717) is 46.9 Å². The van der Waals surface area contributed by atoms with Gasteiger partial charge in [-0.3, -0.25) is 19.0 Å². The molecule has 0 spiro atoms. The highest BCUT2D eigenvalue weighted by Crippen LogP contribution is 2.27. The van der Waals surface area contributed by atoms with Gasteiger partial charge in [0.15, 0.2) is 5.65 Å². The van der Waals surface area contributed by atoms with Gasteiger partial charge in [-0.2, -0.15) is 15.3 Å². The normalized spacial score (nSPS) is 12.4. The number of carbonyl (C=O) groups excluding carboxylic acids is 2. The molecule has 14 nitrogen and oxygen atoms in total. The maximum Gasteiger partial charge on any atom is 0.261 e. The molecule has 0 fully saturated rings. The topological polar surface area (TPSA) is 146 Å². The molecule has 262 valence electrons. The molecule has 15 heteroatoms. The van der Waals surface area contributed by atoms with E-state index < -0.39 is 0 Å². The minimum atomic E-state index is -0.293. The number of carbonyl (C=O) groups is 2. The van der Waals surface area contributed by atoms with Crippen LogP contribution in [-0.4, -0.2) is 65.9 Å². The molecule has 0 atom stereocenters. The molecule has 1 N–H and O–H groups in total. The SMILES string of the molecule is Cc1cc(C)n2ncc(C(=O)Nc3ccc(-c4cn(Cc5nn6c(c5C(=O)N(Cc5cccc(Br)c5)Cc5ccnn5C)CCC6)nn4)cc3)c2n1. The fourth-order valence-corrected chi connectivity index (χ4v) is 7.17. The van der Waals surface area contributed by atoms with E-state index in [1.165, 1.54) is 6.20 Å². The second-order valence-corrected chi connectivity index (χ2v) is 13.9. The van der Waals surface area contributed by atoms with Gasteiger partial charge in [0.25, 0.3) is 11.8 Å². The second kappa shape index (κ2) is 13.6. The van der Waals surface area contributed by atoms with Crippen molar-refractivity contribution in [1.82, 2.24) is 54.1 Å². The number of nitrogens with zero attached hydrogens (tertiary/aromatic N) is 11. The first-order chi connectivity index (χ1) is 25.2. The number of benzene rings is 2. The first-order valence-corrected chi connectivity index (χ1v) is 17.7. The predicted molar refractivity (Wildman–Crippen MR) is 196 cm³/mol. The van der Waals surface area contributed by atoms with Gasteiger partial charge in [0.05, 0.1) is 48.1 Å².